The van der Waals surface area contributed by atoms with Gasteiger partial charge < -0.3 is 10.6 Å². The second-order valence-corrected chi connectivity index (χ2v) is 8.69. The van der Waals surface area contributed by atoms with E-state index >= 15 is 0 Å². The highest BCUT2D eigenvalue weighted by molar-refractivity contribution is 7.91. The number of amides is 3. The van der Waals surface area contributed by atoms with Crippen LogP contribution in [0, 0.1) is 0 Å². The molecule has 132 valence electrons. The Morgan fingerprint density at radius 3 is 2.52 bits per heavy atom. The number of sulfone groups is 1. The molecule has 3 amide bonds. The third-order valence-electron chi connectivity index (χ3n) is 3.63. The zero-order valence-electron chi connectivity index (χ0n) is 13.1. The normalized spacial score (nSPS) is 18.5. The van der Waals surface area contributed by atoms with Crippen LogP contribution in [0.3, 0.4) is 0 Å². The fourth-order valence-corrected chi connectivity index (χ4v) is 4.62. The molecule has 2 aromatic rings. The molecule has 25 heavy (non-hydrogen) atoms. The number of thiazole rings is 1. The third-order valence-corrected chi connectivity index (χ3v) is 6.08. The van der Waals surface area contributed by atoms with E-state index in [2.05, 4.69) is 20.9 Å². The van der Waals surface area contributed by atoms with Gasteiger partial charge in [0, 0.05) is 28.9 Å². The summed E-state index contributed by atoms with van der Waals surface area (Å²) < 4.78 is 22.8. The summed E-state index contributed by atoms with van der Waals surface area (Å²) >= 11 is 1.32. The van der Waals surface area contributed by atoms with Crippen LogP contribution in [0.5, 0.6) is 0 Å². The van der Waals surface area contributed by atoms with Gasteiger partial charge in [0.2, 0.25) is 0 Å². The number of benzene rings is 1. The van der Waals surface area contributed by atoms with Crippen molar-refractivity contribution in [2.45, 2.75) is 12.5 Å². The molecule has 1 aromatic carbocycles. The maximum Gasteiger partial charge on any atom is 0.319 e. The standard InChI is InChI=1S/C15H16N4O4S2/c20-13(19-15-16-6-7-24-15)10-1-3-11(4-2-10)17-14(21)18-12-5-8-25(22,23)9-12/h1-4,6-7,12H,5,8-9H2,(H,16,19,20)(H2,17,18,21). The molecule has 1 atom stereocenters. The lowest BCUT2D eigenvalue weighted by Crippen LogP contribution is -2.38. The molecule has 1 aromatic heterocycles. The van der Waals surface area contributed by atoms with Gasteiger partial charge in [0.15, 0.2) is 15.0 Å². The van der Waals surface area contributed by atoms with E-state index in [4.69, 9.17) is 0 Å². The van der Waals surface area contributed by atoms with Crippen LogP contribution >= 0.6 is 11.3 Å². The Morgan fingerprint density at radius 1 is 1.16 bits per heavy atom. The predicted octanol–water partition coefficient (Wildman–Crippen LogP) is 1.70. The number of nitrogens with zero attached hydrogens (tertiary/aromatic N) is 1. The van der Waals surface area contributed by atoms with Gasteiger partial charge in [-0.1, -0.05) is 0 Å². The van der Waals surface area contributed by atoms with Crippen molar-refractivity contribution < 1.29 is 18.0 Å². The number of urea groups is 1. The van der Waals surface area contributed by atoms with Crippen LogP contribution in [0.25, 0.3) is 0 Å². The summed E-state index contributed by atoms with van der Waals surface area (Å²) in [5.41, 5.74) is 0.937. The van der Waals surface area contributed by atoms with Crippen molar-refractivity contribution >= 4 is 43.9 Å². The van der Waals surface area contributed by atoms with Crippen molar-refractivity contribution in [1.29, 1.82) is 0 Å². The SMILES string of the molecule is O=C(Nc1ccc(C(=O)Nc2nccs2)cc1)NC1CCS(=O)(=O)C1. The van der Waals surface area contributed by atoms with Crippen LogP contribution < -0.4 is 16.0 Å². The average molecular weight is 380 g/mol. The Kier molecular flexibility index (Phi) is 5.00. The van der Waals surface area contributed by atoms with Crippen LogP contribution in [0.2, 0.25) is 0 Å². The number of nitrogens with one attached hydrogen (secondary N) is 3. The van der Waals surface area contributed by atoms with Crippen molar-refractivity contribution in [2.24, 2.45) is 0 Å². The Hall–Kier alpha value is -2.46. The molecule has 1 aliphatic rings. The van der Waals surface area contributed by atoms with Crippen molar-refractivity contribution in [3.05, 3.63) is 41.4 Å². The molecule has 3 rings (SSSR count). The lowest BCUT2D eigenvalue weighted by Gasteiger charge is -2.12. The highest BCUT2D eigenvalue weighted by atomic mass is 32.2. The fraction of sp³-hybridized carbons (Fsp3) is 0.267. The zero-order chi connectivity index (χ0) is 17.9. The fourth-order valence-electron chi connectivity index (χ4n) is 2.42. The second kappa shape index (κ2) is 7.19. The molecular formula is C15H16N4O4S2. The van der Waals surface area contributed by atoms with Crippen LogP contribution in [0.15, 0.2) is 35.8 Å². The smallest absolute Gasteiger partial charge is 0.319 e. The lowest BCUT2D eigenvalue weighted by molar-refractivity contribution is 0.102. The van der Waals surface area contributed by atoms with Crippen molar-refractivity contribution in [2.75, 3.05) is 22.1 Å². The van der Waals surface area contributed by atoms with E-state index in [0.29, 0.717) is 22.8 Å². The van der Waals surface area contributed by atoms with E-state index in [1.165, 1.54) is 11.3 Å². The highest BCUT2D eigenvalue weighted by Crippen LogP contribution is 2.15. The number of hydrogen-bond donors (Lipinski definition) is 3. The summed E-state index contributed by atoms with van der Waals surface area (Å²) in [4.78, 5) is 27.9. The molecule has 8 nitrogen and oxygen atoms in total. The first-order valence-electron chi connectivity index (χ1n) is 7.50. The van der Waals surface area contributed by atoms with Crippen LogP contribution in [0.4, 0.5) is 15.6 Å². The van der Waals surface area contributed by atoms with Gasteiger partial charge in [0.1, 0.15) is 0 Å². The molecule has 0 bridgehead atoms. The number of anilines is 2. The van der Waals surface area contributed by atoms with Gasteiger partial charge in [-0.2, -0.15) is 0 Å². The van der Waals surface area contributed by atoms with Gasteiger partial charge in [0.05, 0.1) is 11.5 Å². The Labute approximate surface area is 148 Å². The molecule has 0 spiro atoms. The van der Waals surface area contributed by atoms with E-state index in [0.717, 1.165) is 0 Å². The van der Waals surface area contributed by atoms with Gasteiger partial charge in [-0.3, -0.25) is 10.1 Å². The quantitative estimate of drug-likeness (QED) is 0.746. The summed E-state index contributed by atoms with van der Waals surface area (Å²) in [5, 5.41) is 10.2. The molecule has 0 saturated carbocycles. The molecule has 1 saturated heterocycles. The lowest BCUT2D eigenvalue weighted by atomic mass is 10.2. The summed E-state index contributed by atoms with van der Waals surface area (Å²) in [5.74, 6) is -0.223. The summed E-state index contributed by atoms with van der Waals surface area (Å²) in [6.07, 6.45) is 2.02. The van der Waals surface area contributed by atoms with E-state index in [1.807, 2.05) is 0 Å². The number of rotatable bonds is 4. The molecule has 3 N–H and O–H groups in total. The minimum atomic E-state index is -3.04. The first-order chi connectivity index (χ1) is 11.9. The molecular weight excluding hydrogens is 364 g/mol. The van der Waals surface area contributed by atoms with Crippen LogP contribution in [-0.4, -0.2) is 42.9 Å². The number of aromatic nitrogens is 1. The highest BCUT2D eigenvalue weighted by Gasteiger charge is 2.28. The first kappa shape index (κ1) is 17.4. The molecule has 1 unspecified atom stereocenters. The Balaban J connectivity index is 1.53. The minimum absolute atomic E-state index is 0.0315. The molecule has 1 fully saturated rings. The maximum absolute atomic E-state index is 12.0. The van der Waals surface area contributed by atoms with E-state index in [1.54, 1.807) is 35.8 Å². The van der Waals surface area contributed by atoms with E-state index in [-0.39, 0.29) is 23.5 Å². The van der Waals surface area contributed by atoms with Crippen molar-refractivity contribution in [3.63, 3.8) is 0 Å². The monoisotopic (exact) mass is 380 g/mol. The molecule has 2 heterocycles. The van der Waals surface area contributed by atoms with Crippen LogP contribution in [0.1, 0.15) is 16.8 Å². The van der Waals surface area contributed by atoms with Gasteiger partial charge in [0.25, 0.3) is 5.91 Å². The number of carbonyl (C=O) groups is 2. The minimum Gasteiger partial charge on any atom is -0.334 e. The topological polar surface area (TPSA) is 117 Å². The maximum atomic E-state index is 12.0. The molecule has 0 aliphatic carbocycles. The van der Waals surface area contributed by atoms with Gasteiger partial charge in [-0.15, -0.1) is 11.3 Å². The molecule has 10 heteroatoms. The average Bonchev–Trinajstić information content (AvgIpc) is 3.17. The Bertz CT molecular complexity index is 863. The number of hydrogen-bond acceptors (Lipinski definition) is 6. The van der Waals surface area contributed by atoms with Crippen molar-refractivity contribution in [1.82, 2.24) is 10.3 Å². The van der Waals surface area contributed by atoms with Gasteiger partial charge >= 0.3 is 6.03 Å². The first-order valence-corrected chi connectivity index (χ1v) is 10.2. The van der Waals surface area contributed by atoms with Crippen LogP contribution in [-0.2, 0) is 9.84 Å². The zero-order valence-corrected chi connectivity index (χ0v) is 14.7. The molecule has 1 aliphatic heterocycles. The number of carbonyl (C=O) groups excluding carboxylic acids is 2. The summed E-state index contributed by atoms with van der Waals surface area (Å²) in [6, 6.07) is 5.52. The van der Waals surface area contributed by atoms with E-state index < -0.39 is 15.9 Å². The summed E-state index contributed by atoms with van der Waals surface area (Å²) in [6.45, 7) is 0. The largest absolute Gasteiger partial charge is 0.334 e. The van der Waals surface area contributed by atoms with Crippen molar-refractivity contribution in [3.8, 4) is 0 Å². The predicted molar refractivity (Wildman–Crippen MR) is 95.7 cm³/mol. The van der Waals surface area contributed by atoms with Gasteiger partial charge in [-0.05, 0) is 30.7 Å². The van der Waals surface area contributed by atoms with Gasteiger partial charge in [-0.25, -0.2) is 18.2 Å². The Morgan fingerprint density at radius 2 is 1.92 bits per heavy atom. The second-order valence-electron chi connectivity index (χ2n) is 5.57. The van der Waals surface area contributed by atoms with E-state index in [9.17, 15) is 18.0 Å². The molecule has 0 radical (unpaired) electrons. The summed E-state index contributed by atoms with van der Waals surface area (Å²) in [7, 11) is -3.04. The third kappa shape index (κ3) is 4.77.